The number of aryl methyl sites for hydroxylation is 1. The Morgan fingerprint density at radius 2 is 1.63 bits per heavy atom. The van der Waals surface area contributed by atoms with Crippen LogP contribution in [0.4, 0.5) is 5.69 Å². The van der Waals surface area contributed by atoms with Crippen LogP contribution >= 0.6 is 12.2 Å². The highest BCUT2D eigenvalue weighted by Gasteiger charge is 2.42. The van der Waals surface area contributed by atoms with Crippen molar-refractivity contribution in [2.24, 2.45) is 0 Å². The third kappa shape index (κ3) is 4.12. The van der Waals surface area contributed by atoms with Crippen LogP contribution in [0.2, 0.25) is 0 Å². The number of aromatic nitrogens is 2. The van der Waals surface area contributed by atoms with E-state index < -0.39 is 0 Å². The van der Waals surface area contributed by atoms with Gasteiger partial charge in [-0.25, -0.2) is 0 Å². The van der Waals surface area contributed by atoms with Gasteiger partial charge in [0.1, 0.15) is 11.5 Å². The van der Waals surface area contributed by atoms with Crippen LogP contribution in [0.3, 0.4) is 0 Å². The van der Waals surface area contributed by atoms with Crippen molar-refractivity contribution in [2.75, 3.05) is 19.1 Å². The summed E-state index contributed by atoms with van der Waals surface area (Å²) in [5.74, 6) is 1.62. The lowest BCUT2D eigenvalue weighted by Crippen LogP contribution is -2.29. The Bertz CT molecular complexity index is 1350. The zero-order chi connectivity index (χ0) is 24.5. The number of nitrogens with zero attached hydrogens (tertiary/aromatic N) is 3. The van der Waals surface area contributed by atoms with Crippen molar-refractivity contribution in [1.29, 1.82) is 0 Å². The standard InChI is InChI=1S/C28H28N4O2S/c1-18-16-24(19(2)31(18)20-11-13-22(33-3)14-12-20)27-26(25-10-5-6-15-29-25)30-28(35)32(27)21-8-7-9-23(17-21)34-4/h5-17,26-27H,1-4H3,(H,30,35)/t26-,27+/m1/s1. The lowest BCUT2D eigenvalue weighted by atomic mass is 9.96. The highest BCUT2D eigenvalue weighted by molar-refractivity contribution is 7.80. The van der Waals surface area contributed by atoms with Gasteiger partial charge in [-0.1, -0.05) is 12.1 Å². The highest BCUT2D eigenvalue weighted by atomic mass is 32.1. The van der Waals surface area contributed by atoms with E-state index >= 15 is 0 Å². The summed E-state index contributed by atoms with van der Waals surface area (Å²) in [5.41, 5.74) is 6.48. The van der Waals surface area contributed by atoms with Crippen LogP contribution < -0.4 is 19.7 Å². The van der Waals surface area contributed by atoms with E-state index in [-0.39, 0.29) is 12.1 Å². The van der Waals surface area contributed by atoms with E-state index in [0.717, 1.165) is 40.0 Å². The average molecular weight is 485 g/mol. The molecule has 3 heterocycles. The third-order valence-corrected chi connectivity index (χ3v) is 6.86. The number of benzene rings is 2. The molecule has 0 saturated carbocycles. The maximum absolute atomic E-state index is 5.89. The number of pyridine rings is 1. The molecule has 2 aromatic carbocycles. The molecule has 1 aliphatic rings. The first kappa shape index (κ1) is 22.9. The van der Waals surface area contributed by atoms with Crippen LogP contribution in [-0.2, 0) is 0 Å². The fraction of sp³-hybridized carbons (Fsp3) is 0.214. The summed E-state index contributed by atoms with van der Waals surface area (Å²) >= 11 is 5.89. The largest absolute Gasteiger partial charge is 0.497 e. The van der Waals surface area contributed by atoms with Crippen molar-refractivity contribution in [1.82, 2.24) is 14.9 Å². The van der Waals surface area contributed by atoms with Gasteiger partial charge in [0, 0.05) is 35.0 Å². The van der Waals surface area contributed by atoms with Gasteiger partial charge in [-0.3, -0.25) is 4.98 Å². The van der Waals surface area contributed by atoms with Gasteiger partial charge in [0.05, 0.1) is 32.0 Å². The molecule has 2 aromatic heterocycles. The van der Waals surface area contributed by atoms with Crippen LogP contribution in [-0.4, -0.2) is 28.9 Å². The van der Waals surface area contributed by atoms with Crippen molar-refractivity contribution in [3.63, 3.8) is 0 Å². The second-order valence-corrected chi connectivity index (χ2v) is 8.94. The van der Waals surface area contributed by atoms with E-state index in [1.54, 1.807) is 14.2 Å². The molecule has 1 aliphatic heterocycles. The van der Waals surface area contributed by atoms with Crippen LogP contribution in [0.15, 0.2) is 79.0 Å². The third-order valence-electron chi connectivity index (χ3n) is 6.55. The summed E-state index contributed by atoms with van der Waals surface area (Å²) in [4.78, 5) is 6.85. The molecule has 0 aliphatic carbocycles. The monoisotopic (exact) mass is 484 g/mol. The average Bonchev–Trinajstić information content (AvgIpc) is 3.39. The topological polar surface area (TPSA) is 51.5 Å². The first-order chi connectivity index (χ1) is 17.0. The van der Waals surface area contributed by atoms with Crippen molar-refractivity contribution in [3.05, 3.63) is 102 Å². The SMILES string of the molecule is COc1ccc(-n2c(C)cc([C@H]3[C@@H](c4ccccn4)NC(=S)N3c3cccc(OC)c3)c2C)cc1. The van der Waals surface area contributed by atoms with E-state index in [4.69, 9.17) is 21.7 Å². The Hall–Kier alpha value is -3.84. The lowest BCUT2D eigenvalue weighted by molar-refractivity contribution is 0.414. The number of hydrogen-bond donors (Lipinski definition) is 1. The second kappa shape index (κ2) is 9.43. The predicted molar refractivity (Wildman–Crippen MR) is 143 cm³/mol. The number of methoxy groups -OCH3 is 2. The van der Waals surface area contributed by atoms with Crippen LogP contribution in [0, 0.1) is 13.8 Å². The minimum absolute atomic E-state index is 0.0947. The van der Waals surface area contributed by atoms with Gasteiger partial charge in [-0.15, -0.1) is 0 Å². The molecular weight excluding hydrogens is 456 g/mol. The number of rotatable bonds is 6. The molecular formula is C28H28N4O2S. The van der Waals surface area contributed by atoms with Gasteiger partial charge >= 0.3 is 0 Å². The maximum atomic E-state index is 5.89. The van der Waals surface area contributed by atoms with E-state index in [0.29, 0.717) is 5.11 Å². The zero-order valence-corrected chi connectivity index (χ0v) is 21.0. The first-order valence-electron chi connectivity index (χ1n) is 11.5. The molecule has 0 bridgehead atoms. The van der Waals surface area contributed by atoms with Gasteiger partial charge < -0.3 is 24.3 Å². The van der Waals surface area contributed by atoms with E-state index in [1.165, 1.54) is 5.56 Å². The van der Waals surface area contributed by atoms with Crippen molar-refractivity contribution in [3.8, 4) is 17.2 Å². The zero-order valence-electron chi connectivity index (χ0n) is 20.2. The summed E-state index contributed by atoms with van der Waals surface area (Å²) in [6.45, 7) is 4.29. The summed E-state index contributed by atoms with van der Waals surface area (Å²) in [6.07, 6.45) is 1.83. The Labute approximate surface area is 211 Å². The smallest absolute Gasteiger partial charge is 0.174 e. The lowest BCUT2D eigenvalue weighted by Gasteiger charge is -2.28. The van der Waals surface area contributed by atoms with Gasteiger partial charge in [-0.05, 0) is 86.2 Å². The predicted octanol–water partition coefficient (Wildman–Crippen LogP) is 5.68. The number of anilines is 1. The summed E-state index contributed by atoms with van der Waals surface area (Å²) in [6, 6.07) is 24.2. The summed E-state index contributed by atoms with van der Waals surface area (Å²) in [5, 5.41) is 4.20. The van der Waals surface area contributed by atoms with Crippen molar-refractivity contribution < 1.29 is 9.47 Å². The summed E-state index contributed by atoms with van der Waals surface area (Å²) < 4.78 is 13.1. The van der Waals surface area contributed by atoms with Crippen LogP contribution in [0.5, 0.6) is 11.5 Å². The molecule has 0 unspecified atom stereocenters. The molecule has 35 heavy (non-hydrogen) atoms. The second-order valence-electron chi connectivity index (χ2n) is 8.56. The van der Waals surface area contributed by atoms with Gasteiger partial charge in [-0.2, -0.15) is 0 Å². The highest BCUT2D eigenvalue weighted by Crippen LogP contribution is 2.44. The molecule has 0 spiro atoms. The fourth-order valence-corrected chi connectivity index (χ4v) is 5.27. The Morgan fingerprint density at radius 1 is 0.857 bits per heavy atom. The van der Waals surface area contributed by atoms with E-state index in [2.05, 4.69) is 57.9 Å². The minimum atomic E-state index is -0.111. The van der Waals surface area contributed by atoms with Crippen molar-refractivity contribution >= 4 is 23.0 Å². The fourth-order valence-electron chi connectivity index (χ4n) is 4.92. The molecule has 6 nitrogen and oxygen atoms in total. The Balaban J connectivity index is 1.66. The first-order valence-corrected chi connectivity index (χ1v) is 11.9. The molecule has 178 valence electrons. The van der Waals surface area contributed by atoms with E-state index in [1.807, 2.05) is 54.7 Å². The van der Waals surface area contributed by atoms with Gasteiger partial charge in [0.2, 0.25) is 0 Å². The molecule has 2 atom stereocenters. The van der Waals surface area contributed by atoms with E-state index in [9.17, 15) is 0 Å². The number of ether oxygens (including phenoxy) is 2. The Kier molecular flexibility index (Phi) is 6.17. The van der Waals surface area contributed by atoms with Crippen LogP contribution in [0.1, 0.15) is 34.7 Å². The Morgan fingerprint density at radius 3 is 2.31 bits per heavy atom. The van der Waals surface area contributed by atoms with Crippen molar-refractivity contribution in [2.45, 2.75) is 25.9 Å². The molecule has 5 rings (SSSR count). The molecule has 0 amide bonds. The number of thiocarbonyl (C=S) groups is 1. The molecule has 4 aromatic rings. The van der Waals surface area contributed by atoms with Crippen LogP contribution in [0.25, 0.3) is 5.69 Å². The molecule has 7 heteroatoms. The molecule has 0 radical (unpaired) electrons. The summed E-state index contributed by atoms with van der Waals surface area (Å²) in [7, 11) is 3.36. The van der Waals surface area contributed by atoms with Gasteiger partial charge in [0.25, 0.3) is 0 Å². The number of hydrogen-bond acceptors (Lipinski definition) is 4. The molecule has 1 N–H and O–H groups in total. The molecule has 1 saturated heterocycles. The quantitative estimate of drug-likeness (QED) is 0.355. The molecule has 1 fully saturated rings. The van der Waals surface area contributed by atoms with Gasteiger partial charge in [0.15, 0.2) is 5.11 Å². The minimum Gasteiger partial charge on any atom is -0.497 e. The maximum Gasteiger partial charge on any atom is 0.174 e. The normalized spacial score (nSPS) is 17.4. The number of nitrogens with one attached hydrogen (secondary N) is 1.